The van der Waals surface area contributed by atoms with E-state index in [0.717, 1.165) is 31.6 Å². The molecule has 1 heterocycles. The Balaban J connectivity index is 2.08. The van der Waals surface area contributed by atoms with Crippen LogP contribution in [0.15, 0.2) is 17.0 Å². The number of hydrogen-bond donors (Lipinski definition) is 2. The van der Waals surface area contributed by atoms with E-state index < -0.39 is 10.0 Å². The average molecular weight is 298 g/mol. The normalized spacial score (nSPS) is 19.4. The van der Waals surface area contributed by atoms with E-state index in [1.54, 1.807) is 13.0 Å². The van der Waals surface area contributed by atoms with Crippen LogP contribution in [0.5, 0.6) is 0 Å². The van der Waals surface area contributed by atoms with Gasteiger partial charge in [-0.05, 0) is 43.7 Å². The van der Waals surface area contributed by atoms with Crippen LogP contribution in [0.4, 0.5) is 5.69 Å². The number of sulfonamides is 1. The third kappa shape index (κ3) is 3.31. The fourth-order valence-corrected chi connectivity index (χ4v) is 3.92. The van der Waals surface area contributed by atoms with Crippen LogP contribution in [-0.4, -0.2) is 28.2 Å². The van der Waals surface area contributed by atoms with E-state index in [2.05, 4.69) is 4.72 Å². The Hall–Kier alpha value is -1.11. The molecule has 0 saturated carbocycles. The van der Waals surface area contributed by atoms with E-state index in [4.69, 9.17) is 10.5 Å². The van der Waals surface area contributed by atoms with Crippen LogP contribution in [0.2, 0.25) is 0 Å². The molecule has 1 atom stereocenters. The quantitative estimate of drug-likeness (QED) is 0.809. The summed E-state index contributed by atoms with van der Waals surface area (Å²) in [5.74, 6) is 0.452. The molecule has 6 heteroatoms. The topological polar surface area (TPSA) is 81.4 Å². The third-order valence-corrected chi connectivity index (χ3v) is 5.41. The first-order valence-electron chi connectivity index (χ1n) is 6.85. The molecular weight excluding hydrogens is 276 g/mol. The van der Waals surface area contributed by atoms with Crippen LogP contribution in [0.1, 0.15) is 24.0 Å². The van der Waals surface area contributed by atoms with Gasteiger partial charge in [-0.25, -0.2) is 13.1 Å². The zero-order valence-corrected chi connectivity index (χ0v) is 12.8. The largest absolute Gasteiger partial charge is 0.397 e. The van der Waals surface area contributed by atoms with Gasteiger partial charge in [0.2, 0.25) is 10.0 Å². The van der Waals surface area contributed by atoms with Gasteiger partial charge < -0.3 is 10.5 Å². The van der Waals surface area contributed by atoms with E-state index in [9.17, 15) is 8.42 Å². The Labute approximate surface area is 120 Å². The molecule has 5 nitrogen and oxygen atoms in total. The Bertz CT molecular complexity index is 578. The van der Waals surface area contributed by atoms with Crippen molar-refractivity contribution in [3.8, 4) is 0 Å². The summed E-state index contributed by atoms with van der Waals surface area (Å²) in [5.41, 5.74) is 7.71. The third-order valence-electron chi connectivity index (χ3n) is 3.75. The highest BCUT2D eigenvalue weighted by Crippen LogP contribution is 2.25. The summed E-state index contributed by atoms with van der Waals surface area (Å²) >= 11 is 0. The summed E-state index contributed by atoms with van der Waals surface area (Å²) in [6.45, 7) is 5.50. The van der Waals surface area contributed by atoms with E-state index >= 15 is 0 Å². The van der Waals surface area contributed by atoms with Crippen LogP contribution in [-0.2, 0) is 14.8 Å². The molecular formula is C14H22N2O3S. The molecule has 1 fully saturated rings. The van der Waals surface area contributed by atoms with Gasteiger partial charge in [0, 0.05) is 19.8 Å². The van der Waals surface area contributed by atoms with Crippen LogP contribution in [0, 0.1) is 19.8 Å². The predicted octanol–water partition coefficient (Wildman–Crippen LogP) is 1.59. The second kappa shape index (κ2) is 6.11. The lowest BCUT2D eigenvalue weighted by Crippen LogP contribution is -2.28. The summed E-state index contributed by atoms with van der Waals surface area (Å²) in [7, 11) is -3.55. The first-order valence-corrected chi connectivity index (χ1v) is 8.33. The zero-order valence-electron chi connectivity index (χ0n) is 12.0. The first kappa shape index (κ1) is 15.3. The van der Waals surface area contributed by atoms with Crippen molar-refractivity contribution in [2.24, 2.45) is 5.92 Å². The van der Waals surface area contributed by atoms with Crippen molar-refractivity contribution in [2.75, 3.05) is 25.5 Å². The second-order valence-corrected chi connectivity index (χ2v) is 7.06. The van der Waals surface area contributed by atoms with E-state index in [1.807, 2.05) is 13.0 Å². The Morgan fingerprint density at radius 2 is 2.05 bits per heavy atom. The van der Waals surface area contributed by atoms with Gasteiger partial charge in [-0.1, -0.05) is 12.1 Å². The van der Waals surface area contributed by atoms with Crippen molar-refractivity contribution in [1.29, 1.82) is 0 Å². The molecule has 1 unspecified atom stereocenters. The number of aryl methyl sites for hydroxylation is 2. The standard InChI is InChI=1S/C14H22N2O3S/c1-10-3-4-11(2)14(13(10)15)20(17,18)16-7-5-12-6-8-19-9-12/h3-4,12,16H,5-9,15H2,1-2H3. The molecule has 3 N–H and O–H groups in total. The second-order valence-electron chi connectivity index (χ2n) is 5.36. The van der Waals surface area contributed by atoms with Crippen LogP contribution in [0.3, 0.4) is 0 Å². The zero-order chi connectivity index (χ0) is 14.8. The van der Waals surface area contributed by atoms with Gasteiger partial charge in [-0.15, -0.1) is 0 Å². The minimum atomic E-state index is -3.55. The number of anilines is 1. The van der Waals surface area contributed by atoms with Crippen molar-refractivity contribution in [2.45, 2.75) is 31.6 Å². The van der Waals surface area contributed by atoms with Crippen LogP contribution < -0.4 is 10.5 Å². The molecule has 112 valence electrons. The van der Waals surface area contributed by atoms with Gasteiger partial charge in [0.15, 0.2) is 0 Å². The number of ether oxygens (including phenoxy) is 1. The predicted molar refractivity (Wildman–Crippen MR) is 79.1 cm³/mol. The smallest absolute Gasteiger partial charge is 0.242 e. The molecule has 1 aliphatic heterocycles. The number of rotatable bonds is 5. The summed E-state index contributed by atoms with van der Waals surface area (Å²) < 4.78 is 32.7. The van der Waals surface area contributed by atoms with Crippen molar-refractivity contribution in [3.63, 3.8) is 0 Å². The van der Waals surface area contributed by atoms with E-state index in [-0.39, 0.29) is 4.90 Å². The number of nitrogens with two attached hydrogens (primary N) is 1. The van der Waals surface area contributed by atoms with Crippen molar-refractivity contribution < 1.29 is 13.2 Å². The molecule has 2 rings (SSSR count). The number of nitrogen functional groups attached to an aromatic ring is 1. The van der Waals surface area contributed by atoms with Crippen LogP contribution >= 0.6 is 0 Å². The van der Waals surface area contributed by atoms with Gasteiger partial charge in [-0.3, -0.25) is 0 Å². The fraction of sp³-hybridized carbons (Fsp3) is 0.571. The van der Waals surface area contributed by atoms with E-state index in [0.29, 0.717) is 23.7 Å². The SMILES string of the molecule is Cc1ccc(C)c(S(=O)(=O)NCCC2CCOC2)c1N. The monoisotopic (exact) mass is 298 g/mol. The van der Waals surface area contributed by atoms with Gasteiger partial charge in [0.05, 0.1) is 5.69 Å². The Morgan fingerprint density at radius 3 is 2.70 bits per heavy atom. The highest BCUT2D eigenvalue weighted by Gasteiger charge is 2.22. The molecule has 0 aliphatic carbocycles. The maximum Gasteiger partial charge on any atom is 0.242 e. The lowest BCUT2D eigenvalue weighted by Gasteiger charge is -2.14. The highest BCUT2D eigenvalue weighted by molar-refractivity contribution is 7.89. The minimum absolute atomic E-state index is 0.208. The van der Waals surface area contributed by atoms with Gasteiger partial charge in [0.25, 0.3) is 0 Å². The highest BCUT2D eigenvalue weighted by atomic mass is 32.2. The lowest BCUT2D eigenvalue weighted by atomic mass is 10.1. The molecule has 0 spiro atoms. The summed E-state index contributed by atoms with van der Waals surface area (Å²) in [5, 5.41) is 0. The maximum atomic E-state index is 12.4. The molecule has 20 heavy (non-hydrogen) atoms. The van der Waals surface area contributed by atoms with Crippen molar-refractivity contribution in [1.82, 2.24) is 4.72 Å². The lowest BCUT2D eigenvalue weighted by molar-refractivity contribution is 0.184. The molecule has 0 aromatic heterocycles. The average Bonchev–Trinajstić information content (AvgIpc) is 2.87. The molecule has 1 aliphatic rings. The van der Waals surface area contributed by atoms with Gasteiger partial charge in [-0.2, -0.15) is 0 Å². The number of hydrogen-bond acceptors (Lipinski definition) is 4. The first-order chi connectivity index (χ1) is 9.42. The Morgan fingerprint density at radius 1 is 1.35 bits per heavy atom. The van der Waals surface area contributed by atoms with Gasteiger partial charge in [0.1, 0.15) is 4.90 Å². The van der Waals surface area contributed by atoms with E-state index in [1.165, 1.54) is 0 Å². The molecule has 1 aromatic carbocycles. The molecule has 0 amide bonds. The molecule has 0 bridgehead atoms. The molecule has 1 aromatic rings. The van der Waals surface area contributed by atoms with Gasteiger partial charge >= 0.3 is 0 Å². The molecule has 1 saturated heterocycles. The maximum absolute atomic E-state index is 12.4. The molecule has 0 radical (unpaired) electrons. The number of nitrogens with one attached hydrogen (secondary N) is 1. The van der Waals surface area contributed by atoms with Crippen molar-refractivity contribution in [3.05, 3.63) is 23.3 Å². The van der Waals surface area contributed by atoms with Crippen LogP contribution in [0.25, 0.3) is 0 Å². The fourth-order valence-electron chi connectivity index (χ4n) is 2.44. The summed E-state index contributed by atoms with van der Waals surface area (Å²) in [6.07, 6.45) is 1.80. The summed E-state index contributed by atoms with van der Waals surface area (Å²) in [4.78, 5) is 0.208. The van der Waals surface area contributed by atoms with Crippen molar-refractivity contribution >= 4 is 15.7 Å². The minimum Gasteiger partial charge on any atom is -0.397 e. The Kier molecular flexibility index (Phi) is 4.67. The number of benzene rings is 1. The summed E-state index contributed by atoms with van der Waals surface area (Å²) in [6, 6.07) is 3.62.